The van der Waals surface area contributed by atoms with Crippen molar-refractivity contribution in [3.8, 4) is 11.5 Å². The first-order valence-electron chi connectivity index (χ1n) is 6.59. The van der Waals surface area contributed by atoms with Gasteiger partial charge in [0.2, 0.25) is 0 Å². The topological polar surface area (TPSA) is 42.2 Å². The van der Waals surface area contributed by atoms with E-state index in [9.17, 15) is 0 Å². The lowest BCUT2D eigenvalue weighted by molar-refractivity contribution is 0.302. The Kier molecular flexibility index (Phi) is 4.78. The largest absolute Gasteiger partial charge is 0.334 e. The summed E-state index contributed by atoms with van der Waals surface area (Å²) >= 11 is 13.6. The summed E-state index contributed by atoms with van der Waals surface area (Å²) < 4.78 is 5.28. The van der Waals surface area contributed by atoms with Crippen LogP contribution in [0.1, 0.15) is 11.4 Å². The van der Waals surface area contributed by atoms with Crippen LogP contribution >= 0.6 is 34.5 Å². The monoisotopic (exact) mass is 353 g/mol. The van der Waals surface area contributed by atoms with Crippen molar-refractivity contribution in [2.75, 3.05) is 7.05 Å². The molecule has 1 aromatic carbocycles. The first-order chi connectivity index (χ1) is 10.6. The lowest BCUT2D eigenvalue weighted by atomic mass is 10.2. The summed E-state index contributed by atoms with van der Waals surface area (Å²) in [5, 5.41) is 9.24. The third kappa shape index (κ3) is 3.87. The first kappa shape index (κ1) is 15.5. The van der Waals surface area contributed by atoms with E-state index < -0.39 is 0 Å². The molecule has 22 heavy (non-hydrogen) atoms. The van der Waals surface area contributed by atoms with E-state index in [0.717, 1.165) is 11.1 Å². The Hall–Kier alpha value is -1.40. The number of hydrogen-bond acceptors (Lipinski definition) is 5. The Labute approximate surface area is 142 Å². The van der Waals surface area contributed by atoms with Gasteiger partial charge >= 0.3 is 0 Å². The van der Waals surface area contributed by atoms with Crippen LogP contribution in [0.25, 0.3) is 11.5 Å². The fourth-order valence-corrected chi connectivity index (χ4v) is 3.33. The van der Waals surface area contributed by atoms with E-state index in [1.807, 2.05) is 36.0 Å². The molecular weight excluding hydrogens is 341 g/mol. The molecule has 114 valence electrons. The summed E-state index contributed by atoms with van der Waals surface area (Å²) in [5.74, 6) is 1.20. The molecule has 0 atom stereocenters. The molecule has 0 aliphatic heterocycles. The highest BCUT2D eigenvalue weighted by molar-refractivity contribution is 7.08. The van der Waals surface area contributed by atoms with E-state index >= 15 is 0 Å². The van der Waals surface area contributed by atoms with Crippen molar-refractivity contribution in [2.45, 2.75) is 13.1 Å². The summed E-state index contributed by atoms with van der Waals surface area (Å²) in [6.07, 6.45) is 0. The van der Waals surface area contributed by atoms with Crippen LogP contribution in [0.5, 0.6) is 0 Å². The Morgan fingerprint density at radius 2 is 1.95 bits per heavy atom. The van der Waals surface area contributed by atoms with Crippen molar-refractivity contribution in [3.05, 3.63) is 56.5 Å². The standard InChI is InChI=1S/C15H13Cl2N3OS/c1-20(7-10-4-12(16)6-13(17)5-10)8-14-18-15(21-19-14)11-2-3-22-9-11/h2-6,9H,7-8H2,1H3. The summed E-state index contributed by atoms with van der Waals surface area (Å²) in [4.78, 5) is 6.48. The second kappa shape index (κ2) is 6.79. The van der Waals surface area contributed by atoms with Crippen LogP contribution in [0, 0.1) is 0 Å². The Morgan fingerprint density at radius 3 is 2.64 bits per heavy atom. The number of aromatic nitrogens is 2. The number of thiophene rings is 1. The number of hydrogen-bond donors (Lipinski definition) is 0. The lowest BCUT2D eigenvalue weighted by Gasteiger charge is -2.14. The molecule has 0 radical (unpaired) electrons. The number of benzene rings is 1. The van der Waals surface area contributed by atoms with Gasteiger partial charge in [0.25, 0.3) is 5.89 Å². The lowest BCUT2D eigenvalue weighted by Crippen LogP contribution is -2.18. The van der Waals surface area contributed by atoms with Gasteiger partial charge in [-0.1, -0.05) is 28.4 Å². The molecule has 0 fully saturated rings. The van der Waals surface area contributed by atoms with Gasteiger partial charge in [-0.05, 0) is 42.3 Å². The van der Waals surface area contributed by atoms with Crippen molar-refractivity contribution in [1.82, 2.24) is 15.0 Å². The Balaban J connectivity index is 1.65. The highest BCUT2D eigenvalue weighted by Crippen LogP contribution is 2.22. The molecule has 0 saturated carbocycles. The minimum absolute atomic E-state index is 0.551. The molecule has 0 spiro atoms. The van der Waals surface area contributed by atoms with Gasteiger partial charge in [0.15, 0.2) is 5.82 Å². The van der Waals surface area contributed by atoms with Gasteiger partial charge in [-0.25, -0.2) is 0 Å². The molecule has 0 amide bonds. The zero-order valence-electron chi connectivity index (χ0n) is 11.8. The maximum atomic E-state index is 6.01. The molecule has 0 bridgehead atoms. The molecule has 4 nitrogen and oxygen atoms in total. The van der Waals surface area contributed by atoms with Crippen LogP contribution in [0.15, 0.2) is 39.5 Å². The molecule has 0 N–H and O–H groups in total. The van der Waals surface area contributed by atoms with E-state index in [2.05, 4.69) is 15.0 Å². The summed E-state index contributed by atoms with van der Waals surface area (Å²) in [7, 11) is 1.98. The van der Waals surface area contributed by atoms with E-state index in [1.165, 1.54) is 0 Å². The van der Waals surface area contributed by atoms with Crippen LogP contribution < -0.4 is 0 Å². The molecule has 3 rings (SSSR count). The van der Waals surface area contributed by atoms with Crippen molar-refractivity contribution in [1.29, 1.82) is 0 Å². The maximum absolute atomic E-state index is 6.01. The van der Waals surface area contributed by atoms with E-state index in [0.29, 0.717) is 34.8 Å². The van der Waals surface area contributed by atoms with Gasteiger partial charge in [0, 0.05) is 22.0 Å². The highest BCUT2D eigenvalue weighted by Gasteiger charge is 2.11. The molecule has 2 aromatic heterocycles. The molecular formula is C15H13Cl2N3OS. The average Bonchev–Trinajstić information content (AvgIpc) is 3.07. The quantitative estimate of drug-likeness (QED) is 0.664. The van der Waals surface area contributed by atoms with Crippen LogP contribution in [-0.4, -0.2) is 22.1 Å². The number of halogens is 2. The molecule has 0 unspecified atom stereocenters. The normalized spacial score (nSPS) is 11.3. The zero-order valence-corrected chi connectivity index (χ0v) is 14.1. The average molecular weight is 354 g/mol. The minimum Gasteiger partial charge on any atom is -0.334 e. The second-order valence-corrected chi connectivity index (χ2v) is 6.63. The summed E-state index contributed by atoms with van der Waals surface area (Å²) in [5.41, 5.74) is 1.99. The predicted molar refractivity (Wildman–Crippen MR) is 89.2 cm³/mol. The predicted octanol–water partition coefficient (Wildman–Crippen LogP) is 4.74. The summed E-state index contributed by atoms with van der Waals surface area (Å²) in [6, 6.07) is 7.48. The van der Waals surface area contributed by atoms with Gasteiger partial charge in [0.1, 0.15) is 0 Å². The molecule has 0 aliphatic carbocycles. The number of rotatable bonds is 5. The van der Waals surface area contributed by atoms with Crippen LogP contribution in [0.4, 0.5) is 0 Å². The molecule has 0 aliphatic rings. The van der Waals surface area contributed by atoms with Crippen molar-refractivity contribution in [3.63, 3.8) is 0 Å². The summed E-state index contributed by atoms with van der Waals surface area (Å²) in [6.45, 7) is 1.28. The second-order valence-electron chi connectivity index (χ2n) is 4.98. The van der Waals surface area contributed by atoms with Crippen molar-refractivity contribution in [2.24, 2.45) is 0 Å². The first-order valence-corrected chi connectivity index (χ1v) is 8.29. The smallest absolute Gasteiger partial charge is 0.258 e. The molecule has 3 aromatic rings. The van der Waals surface area contributed by atoms with Gasteiger partial charge in [-0.15, -0.1) is 0 Å². The van der Waals surface area contributed by atoms with Gasteiger partial charge in [-0.2, -0.15) is 16.3 Å². The molecule has 0 saturated heterocycles. The minimum atomic E-state index is 0.551. The van der Waals surface area contributed by atoms with E-state index in [4.69, 9.17) is 27.7 Å². The molecule has 2 heterocycles. The third-order valence-corrected chi connectivity index (χ3v) is 4.14. The van der Waals surface area contributed by atoms with E-state index in [1.54, 1.807) is 17.4 Å². The van der Waals surface area contributed by atoms with Crippen LogP contribution in [0.3, 0.4) is 0 Å². The maximum Gasteiger partial charge on any atom is 0.258 e. The van der Waals surface area contributed by atoms with Gasteiger partial charge < -0.3 is 4.52 Å². The zero-order chi connectivity index (χ0) is 15.5. The fourth-order valence-electron chi connectivity index (χ4n) is 2.13. The van der Waals surface area contributed by atoms with Crippen molar-refractivity contribution >= 4 is 34.5 Å². The Bertz CT molecular complexity index is 738. The van der Waals surface area contributed by atoms with Gasteiger partial charge in [0.05, 0.1) is 12.1 Å². The fraction of sp³-hybridized carbons (Fsp3) is 0.200. The Morgan fingerprint density at radius 1 is 1.18 bits per heavy atom. The van der Waals surface area contributed by atoms with Crippen molar-refractivity contribution < 1.29 is 4.52 Å². The molecule has 7 heteroatoms. The van der Waals surface area contributed by atoms with E-state index in [-0.39, 0.29) is 0 Å². The SMILES string of the molecule is CN(Cc1cc(Cl)cc(Cl)c1)Cc1noc(-c2ccsc2)n1. The van der Waals surface area contributed by atoms with Crippen LogP contribution in [0.2, 0.25) is 10.0 Å². The van der Waals surface area contributed by atoms with Crippen LogP contribution in [-0.2, 0) is 13.1 Å². The third-order valence-electron chi connectivity index (χ3n) is 3.02. The highest BCUT2D eigenvalue weighted by atomic mass is 35.5. The number of nitrogens with zero attached hydrogens (tertiary/aromatic N) is 3. The van der Waals surface area contributed by atoms with Gasteiger partial charge in [-0.3, -0.25) is 4.90 Å².